The molecule has 2 aliphatic heterocycles. The summed E-state index contributed by atoms with van der Waals surface area (Å²) in [6.07, 6.45) is 8.45. The van der Waals surface area contributed by atoms with Gasteiger partial charge in [0.2, 0.25) is 5.91 Å². The van der Waals surface area contributed by atoms with E-state index in [1.54, 1.807) is 11.8 Å². The molecule has 0 spiro atoms. The van der Waals surface area contributed by atoms with E-state index in [-0.39, 0.29) is 10.7 Å². The van der Waals surface area contributed by atoms with E-state index in [4.69, 9.17) is 9.73 Å². The van der Waals surface area contributed by atoms with Crippen molar-refractivity contribution in [3.8, 4) is 0 Å². The summed E-state index contributed by atoms with van der Waals surface area (Å²) in [4.78, 5) is 17.4. The Balaban J connectivity index is 1.41. The molecular weight excluding hydrogens is 296 g/mol. The molecule has 2 saturated heterocycles. The molecule has 22 heavy (non-hydrogen) atoms. The highest BCUT2D eigenvalue weighted by atomic mass is 32.2. The Labute approximate surface area is 136 Å². The molecule has 2 aliphatic carbocycles. The average Bonchev–Trinajstić information content (AvgIpc) is 3.16. The van der Waals surface area contributed by atoms with Gasteiger partial charge in [-0.15, -0.1) is 0 Å². The number of amidine groups is 1. The van der Waals surface area contributed by atoms with E-state index in [0.717, 1.165) is 49.5 Å². The lowest BCUT2D eigenvalue weighted by Gasteiger charge is -2.28. The first kappa shape index (κ1) is 15.0. The zero-order chi connectivity index (χ0) is 15.2. The van der Waals surface area contributed by atoms with Crippen LogP contribution in [0, 0.1) is 17.8 Å². The number of fused-ring (bicyclic) bond motifs is 2. The van der Waals surface area contributed by atoms with Crippen LogP contribution in [0.15, 0.2) is 4.99 Å². The molecular formula is C17H26N2O2S. The van der Waals surface area contributed by atoms with Gasteiger partial charge in [0.1, 0.15) is 0 Å². The largest absolute Gasteiger partial charge is 0.381 e. The Kier molecular flexibility index (Phi) is 3.97. The predicted octanol–water partition coefficient (Wildman–Crippen LogP) is 2.97. The summed E-state index contributed by atoms with van der Waals surface area (Å²) in [6.45, 7) is 3.78. The number of nitrogens with one attached hydrogen (secondary N) is 1. The van der Waals surface area contributed by atoms with Gasteiger partial charge in [0, 0.05) is 13.2 Å². The van der Waals surface area contributed by atoms with Crippen molar-refractivity contribution in [3.05, 3.63) is 0 Å². The first-order valence-electron chi connectivity index (χ1n) is 8.78. The fourth-order valence-corrected chi connectivity index (χ4v) is 5.95. The van der Waals surface area contributed by atoms with Gasteiger partial charge in [-0.3, -0.25) is 9.79 Å². The van der Waals surface area contributed by atoms with Gasteiger partial charge in [0.25, 0.3) is 0 Å². The first-order chi connectivity index (χ1) is 10.6. The van der Waals surface area contributed by atoms with Crippen LogP contribution in [0.4, 0.5) is 0 Å². The van der Waals surface area contributed by atoms with Crippen LogP contribution in [0.5, 0.6) is 0 Å². The summed E-state index contributed by atoms with van der Waals surface area (Å²) in [5.41, 5.74) is 0. The standard InChI is InChI=1S/C17H26N2O2S/c1-17(10-11-4-6-21-7-5-11)15(20)19-16(22-17)18-14-9-12-2-3-13(14)8-12/h11-14H,2-10H2,1H3,(H,18,19,20)/t12-,13-,14-,17?/m0/s1. The van der Waals surface area contributed by atoms with Gasteiger partial charge in [0.05, 0.1) is 10.8 Å². The third kappa shape index (κ3) is 2.82. The summed E-state index contributed by atoms with van der Waals surface area (Å²) in [7, 11) is 0. The second kappa shape index (κ2) is 5.82. The Morgan fingerprint density at radius 3 is 2.77 bits per heavy atom. The van der Waals surface area contributed by atoms with Crippen LogP contribution in [-0.2, 0) is 9.53 Å². The van der Waals surface area contributed by atoms with E-state index in [1.165, 1.54) is 25.7 Å². The highest BCUT2D eigenvalue weighted by molar-refractivity contribution is 8.16. The molecule has 1 unspecified atom stereocenters. The summed E-state index contributed by atoms with van der Waals surface area (Å²) >= 11 is 1.68. The molecule has 0 aromatic heterocycles. The maximum atomic E-state index is 12.5. The van der Waals surface area contributed by atoms with Crippen molar-refractivity contribution in [1.82, 2.24) is 5.32 Å². The lowest BCUT2D eigenvalue weighted by Crippen LogP contribution is -2.36. The van der Waals surface area contributed by atoms with Crippen LogP contribution < -0.4 is 5.32 Å². The van der Waals surface area contributed by atoms with Crippen molar-refractivity contribution in [2.75, 3.05) is 13.2 Å². The maximum absolute atomic E-state index is 12.5. The number of carbonyl (C=O) groups is 1. The second-order valence-corrected chi connectivity index (χ2v) is 9.22. The summed E-state index contributed by atoms with van der Waals surface area (Å²) in [5.74, 6) is 2.44. The Morgan fingerprint density at radius 1 is 1.27 bits per heavy atom. The van der Waals surface area contributed by atoms with Crippen molar-refractivity contribution >= 4 is 22.8 Å². The summed E-state index contributed by atoms with van der Waals surface area (Å²) in [6, 6.07) is 0.465. The summed E-state index contributed by atoms with van der Waals surface area (Å²) in [5, 5.41) is 3.95. The number of aliphatic imine (C=N–C) groups is 1. The van der Waals surface area contributed by atoms with E-state index < -0.39 is 0 Å². The minimum Gasteiger partial charge on any atom is -0.381 e. The molecule has 4 aliphatic rings. The summed E-state index contributed by atoms with van der Waals surface area (Å²) < 4.78 is 5.10. The molecule has 2 saturated carbocycles. The molecule has 4 atom stereocenters. The highest BCUT2D eigenvalue weighted by Gasteiger charge is 2.45. The quantitative estimate of drug-likeness (QED) is 0.869. The molecule has 1 N–H and O–H groups in total. The number of amides is 1. The molecule has 1 amide bonds. The molecule has 4 fully saturated rings. The van der Waals surface area contributed by atoms with Crippen LogP contribution in [-0.4, -0.2) is 35.1 Å². The van der Waals surface area contributed by atoms with Crippen LogP contribution in [0.2, 0.25) is 0 Å². The Hall–Kier alpha value is -0.550. The molecule has 122 valence electrons. The van der Waals surface area contributed by atoms with Crippen LogP contribution in [0.1, 0.15) is 51.9 Å². The van der Waals surface area contributed by atoms with Crippen LogP contribution >= 0.6 is 11.8 Å². The minimum atomic E-state index is -0.335. The van der Waals surface area contributed by atoms with Crippen LogP contribution in [0.3, 0.4) is 0 Å². The number of hydrogen-bond donors (Lipinski definition) is 1. The Bertz CT molecular complexity index is 489. The van der Waals surface area contributed by atoms with E-state index >= 15 is 0 Å². The topological polar surface area (TPSA) is 50.7 Å². The van der Waals surface area contributed by atoms with Crippen molar-refractivity contribution in [2.45, 2.75) is 62.7 Å². The minimum absolute atomic E-state index is 0.158. The maximum Gasteiger partial charge on any atom is 0.242 e. The van der Waals surface area contributed by atoms with Gasteiger partial charge < -0.3 is 10.1 Å². The van der Waals surface area contributed by atoms with Gasteiger partial charge in [0.15, 0.2) is 5.17 Å². The number of hydrogen-bond acceptors (Lipinski definition) is 4. The molecule has 2 heterocycles. The molecule has 0 aromatic rings. The van der Waals surface area contributed by atoms with E-state index in [0.29, 0.717) is 12.0 Å². The zero-order valence-electron chi connectivity index (χ0n) is 13.3. The SMILES string of the molecule is CC1(CC2CCOCC2)SC(=N[C@H]2C[C@H]3CC[C@H]2C3)NC1=O. The molecule has 0 aromatic carbocycles. The number of thioether (sulfide) groups is 1. The number of carbonyl (C=O) groups excluding carboxylic acids is 1. The number of nitrogens with zero attached hydrogens (tertiary/aromatic N) is 1. The van der Waals surface area contributed by atoms with Crippen molar-refractivity contribution in [2.24, 2.45) is 22.7 Å². The molecule has 5 heteroatoms. The lowest BCUT2D eigenvalue weighted by molar-refractivity contribution is -0.121. The molecule has 2 bridgehead atoms. The molecule has 4 rings (SSSR count). The fourth-order valence-electron chi connectivity index (χ4n) is 4.73. The van der Waals surface area contributed by atoms with E-state index in [9.17, 15) is 4.79 Å². The smallest absolute Gasteiger partial charge is 0.242 e. The molecule has 0 radical (unpaired) electrons. The van der Waals surface area contributed by atoms with Crippen LogP contribution in [0.25, 0.3) is 0 Å². The third-order valence-electron chi connectivity index (χ3n) is 6.03. The molecule has 4 nitrogen and oxygen atoms in total. The van der Waals surface area contributed by atoms with Gasteiger partial charge in [-0.05, 0) is 63.2 Å². The monoisotopic (exact) mass is 322 g/mol. The van der Waals surface area contributed by atoms with E-state index in [2.05, 4.69) is 12.2 Å². The van der Waals surface area contributed by atoms with Crippen molar-refractivity contribution < 1.29 is 9.53 Å². The van der Waals surface area contributed by atoms with Crippen molar-refractivity contribution in [3.63, 3.8) is 0 Å². The number of ether oxygens (including phenoxy) is 1. The first-order valence-corrected chi connectivity index (χ1v) is 9.60. The zero-order valence-corrected chi connectivity index (χ0v) is 14.2. The normalized spacial score (nSPS) is 44.0. The van der Waals surface area contributed by atoms with Crippen molar-refractivity contribution in [1.29, 1.82) is 0 Å². The Morgan fingerprint density at radius 2 is 2.09 bits per heavy atom. The second-order valence-electron chi connectivity index (χ2n) is 7.72. The average molecular weight is 322 g/mol. The highest BCUT2D eigenvalue weighted by Crippen LogP contribution is 2.47. The fraction of sp³-hybridized carbons (Fsp3) is 0.882. The van der Waals surface area contributed by atoms with Gasteiger partial charge >= 0.3 is 0 Å². The van der Waals surface area contributed by atoms with Gasteiger partial charge in [-0.1, -0.05) is 18.2 Å². The predicted molar refractivity (Wildman–Crippen MR) is 89.0 cm³/mol. The van der Waals surface area contributed by atoms with Gasteiger partial charge in [-0.25, -0.2) is 0 Å². The third-order valence-corrected chi connectivity index (χ3v) is 7.23. The number of rotatable bonds is 3. The van der Waals surface area contributed by atoms with Gasteiger partial charge in [-0.2, -0.15) is 0 Å². The lowest BCUT2D eigenvalue weighted by atomic mass is 9.89. The van der Waals surface area contributed by atoms with E-state index in [1.807, 2.05) is 0 Å².